The van der Waals surface area contributed by atoms with Crippen molar-refractivity contribution in [3.05, 3.63) is 65.4 Å². The predicted molar refractivity (Wildman–Crippen MR) is 180 cm³/mol. The van der Waals surface area contributed by atoms with Crippen LogP contribution in [-0.2, 0) is 33.0 Å². The third kappa shape index (κ3) is 6.78. The first-order valence-corrected chi connectivity index (χ1v) is 20.1. The second-order valence-corrected chi connectivity index (χ2v) is 21.6. The summed E-state index contributed by atoms with van der Waals surface area (Å²) in [5, 5.41) is 8.89. The summed E-state index contributed by atoms with van der Waals surface area (Å²) in [5.74, 6) is 2.03. The summed E-state index contributed by atoms with van der Waals surface area (Å²) in [6.07, 6.45) is 4.07. The second-order valence-electron chi connectivity index (χ2n) is 14.9. The van der Waals surface area contributed by atoms with E-state index < -0.39 is 18.3 Å². The van der Waals surface area contributed by atoms with Crippen LogP contribution in [-0.4, -0.2) is 50.6 Å². The van der Waals surface area contributed by atoms with E-state index in [0.717, 1.165) is 53.3 Å². The van der Waals surface area contributed by atoms with E-state index in [1.807, 2.05) is 36.4 Å². The molecule has 0 saturated heterocycles. The van der Waals surface area contributed by atoms with Gasteiger partial charge in [0, 0.05) is 36.9 Å². The smallest absolute Gasteiger partial charge is 0.243 e. The quantitative estimate of drug-likeness (QED) is 0.254. The van der Waals surface area contributed by atoms with E-state index in [1.165, 1.54) is 0 Å². The number of fused-ring (bicyclic) bond motifs is 1. The lowest BCUT2D eigenvalue weighted by Crippen LogP contribution is -2.43. The minimum Gasteiger partial charge on any atom is -0.497 e. The van der Waals surface area contributed by atoms with E-state index in [9.17, 15) is 8.42 Å². The first-order chi connectivity index (χ1) is 20.5. The highest BCUT2D eigenvalue weighted by molar-refractivity contribution is 7.89. The molecule has 2 aliphatic rings. The minimum atomic E-state index is -3.60. The zero-order chi connectivity index (χ0) is 32.1. The number of rotatable bonds is 8. The van der Waals surface area contributed by atoms with Crippen LogP contribution in [0.4, 0.5) is 11.5 Å². The Labute approximate surface area is 265 Å². The molecular weight excluding hydrogens is 589 g/mol. The van der Waals surface area contributed by atoms with Crippen LogP contribution in [0.1, 0.15) is 83.5 Å². The van der Waals surface area contributed by atoms with Gasteiger partial charge in [-0.1, -0.05) is 32.9 Å². The molecule has 8 nitrogen and oxygen atoms in total. The van der Waals surface area contributed by atoms with Gasteiger partial charge in [-0.25, -0.2) is 13.1 Å². The highest BCUT2D eigenvalue weighted by Crippen LogP contribution is 2.43. The number of aromatic nitrogens is 2. The van der Waals surface area contributed by atoms with Gasteiger partial charge >= 0.3 is 0 Å². The number of anilines is 2. The molecule has 5 rings (SSSR count). The summed E-state index contributed by atoms with van der Waals surface area (Å²) in [6, 6.07) is 15.3. The zero-order valence-corrected chi connectivity index (χ0v) is 29.7. The normalized spacial score (nSPS) is 20.8. The first-order valence-electron chi connectivity index (χ1n) is 15.8. The Balaban J connectivity index is 1.33. The molecule has 2 heterocycles. The molecule has 0 bridgehead atoms. The van der Waals surface area contributed by atoms with Crippen molar-refractivity contribution < 1.29 is 17.6 Å². The lowest BCUT2D eigenvalue weighted by atomic mass is 10.0. The van der Waals surface area contributed by atoms with Crippen molar-refractivity contribution in [1.29, 1.82) is 0 Å². The van der Waals surface area contributed by atoms with Crippen LogP contribution in [0.15, 0.2) is 53.4 Å². The molecule has 10 heteroatoms. The summed E-state index contributed by atoms with van der Waals surface area (Å²) >= 11 is 0. The van der Waals surface area contributed by atoms with Crippen LogP contribution in [0.5, 0.6) is 5.75 Å². The number of methoxy groups -OCH3 is 1. The fourth-order valence-corrected chi connectivity index (χ4v) is 9.03. The molecule has 1 aliphatic carbocycles. The van der Waals surface area contributed by atoms with Crippen molar-refractivity contribution in [2.75, 3.05) is 19.0 Å². The number of sulfonamides is 1. The van der Waals surface area contributed by atoms with Crippen LogP contribution >= 0.6 is 0 Å². The van der Waals surface area contributed by atoms with Crippen LogP contribution in [0.2, 0.25) is 18.1 Å². The summed E-state index contributed by atoms with van der Waals surface area (Å²) in [6.45, 7) is 18.8. The molecule has 240 valence electrons. The first kappa shape index (κ1) is 32.7. The van der Waals surface area contributed by atoms with Crippen molar-refractivity contribution in [2.45, 2.75) is 114 Å². The van der Waals surface area contributed by atoms with Gasteiger partial charge in [0.15, 0.2) is 8.32 Å². The Morgan fingerprint density at radius 2 is 1.70 bits per heavy atom. The van der Waals surface area contributed by atoms with Gasteiger partial charge in [-0.05, 0) is 106 Å². The number of hydrogen-bond acceptors (Lipinski definition) is 6. The van der Waals surface area contributed by atoms with E-state index in [1.54, 1.807) is 17.5 Å². The van der Waals surface area contributed by atoms with Gasteiger partial charge in [0.05, 0.1) is 23.2 Å². The Bertz CT molecular complexity index is 1590. The van der Waals surface area contributed by atoms with Crippen molar-refractivity contribution in [3.63, 3.8) is 0 Å². The van der Waals surface area contributed by atoms with Crippen LogP contribution in [0, 0.1) is 0 Å². The predicted octanol–water partition coefficient (Wildman–Crippen LogP) is 7.80. The van der Waals surface area contributed by atoms with Crippen LogP contribution in [0.3, 0.4) is 0 Å². The summed E-state index contributed by atoms with van der Waals surface area (Å²) in [7, 11) is -3.81. The van der Waals surface area contributed by atoms with E-state index in [2.05, 4.69) is 70.7 Å². The Morgan fingerprint density at radius 1 is 1.00 bits per heavy atom. The van der Waals surface area contributed by atoms with E-state index >= 15 is 0 Å². The Hall–Kier alpha value is -2.66. The van der Waals surface area contributed by atoms with Gasteiger partial charge in [0.2, 0.25) is 10.0 Å². The molecule has 1 saturated carbocycles. The van der Waals surface area contributed by atoms with Gasteiger partial charge in [-0.15, -0.1) is 0 Å². The SMILES string of the molecule is COc1ccc(CN2CCc3cc(Nc4cc([C@H]5CC[C@@H](O[Si](C)(C)C(C)(C)C)C5)nn4C(C)(C)C)ccc3S2(=O)=O)cc1. The van der Waals surface area contributed by atoms with E-state index in [4.69, 9.17) is 14.3 Å². The number of ether oxygens (including phenoxy) is 1. The standard InChI is InChI=1S/C34H50N4O4SSi/c1-33(2,3)38-32(22-30(36-38)25-12-16-29(21-25)42-44(8,9)34(4,5)6)35-27-13-17-31-26(20-27)18-19-37(43(31,39)40)23-24-10-14-28(41-7)15-11-24/h10-11,13-15,17,20,22,25,29,35H,12,16,18-19,21,23H2,1-9H3/t25-,29+/m0/s1. The maximum atomic E-state index is 13.6. The topological polar surface area (TPSA) is 85.7 Å². The van der Waals surface area contributed by atoms with Gasteiger partial charge in [-0.2, -0.15) is 9.40 Å². The fourth-order valence-electron chi connectivity index (χ4n) is 5.96. The van der Waals surface area contributed by atoms with Crippen LogP contribution < -0.4 is 10.1 Å². The molecule has 1 fully saturated rings. The van der Waals surface area contributed by atoms with Crippen molar-refractivity contribution in [1.82, 2.24) is 14.1 Å². The van der Waals surface area contributed by atoms with Gasteiger partial charge in [0.1, 0.15) is 11.6 Å². The van der Waals surface area contributed by atoms with Crippen molar-refractivity contribution in [2.24, 2.45) is 0 Å². The molecule has 2 atom stereocenters. The minimum absolute atomic E-state index is 0.193. The monoisotopic (exact) mass is 638 g/mol. The molecule has 2 aromatic carbocycles. The third-order valence-electron chi connectivity index (χ3n) is 9.53. The van der Waals surface area contributed by atoms with Gasteiger partial charge in [0.25, 0.3) is 0 Å². The zero-order valence-electron chi connectivity index (χ0n) is 27.9. The number of benzene rings is 2. The largest absolute Gasteiger partial charge is 0.497 e. The molecule has 0 spiro atoms. The summed E-state index contributed by atoms with van der Waals surface area (Å²) in [4.78, 5) is 0.381. The molecule has 0 unspecified atom stereocenters. The lowest BCUT2D eigenvalue weighted by molar-refractivity contribution is 0.186. The number of nitrogens with one attached hydrogen (secondary N) is 1. The molecule has 1 N–H and O–H groups in total. The Morgan fingerprint density at radius 3 is 2.34 bits per heavy atom. The lowest BCUT2D eigenvalue weighted by Gasteiger charge is -2.38. The summed E-state index contributed by atoms with van der Waals surface area (Å²) < 4.78 is 42.8. The summed E-state index contributed by atoms with van der Waals surface area (Å²) in [5.41, 5.74) is 3.51. The van der Waals surface area contributed by atoms with E-state index in [-0.39, 0.29) is 16.7 Å². The average molecular weight is 639 g/mol. The van der Waals surface area contributed by atoms with Crippen LogP contribution in [0.25, 0.3) is 0 Å². The highest BCUT2D eigenvalue weighted by Gasteiger charge is 2.41. The molecule has 1 aliphatic heterocycles. The molecule has 3 aromatic rings. The second kappa shape index (κ2) is 11.9. The number of nitrogens with zero attached hydrogens (tertiary/aromatic N) is 3. The molecule has 44 heavy (non-hydrogen) atoms. The Kier molecular flexibility index (Phi) is 8.87. The highest BCUT2D eigenvalue weighted by atomic mass is 32.2. The van der Waals surface area contributed by atoms with Gasteiger partial charge < -0.3 is 14.5 Å². The maximum Gasteiger partial charge on any atom is 0.243 e. The molecular formula is C34H50N4O4SSi. The van der Waals surface area contributed by atoms with Crippen molar-refractivity contribution in [3.8, 4) is 5.75 Å². The van der Waals surface area contributed by atoms with E-state index in [0.29, 0.717) is 30.3 Å². The average Bonchev–Trinajstić information content (AvgIpc) is 3.57. The maximum absolute atomic E-state index is 13.6. The van der Waals surface area contributed by atoms with Gasteiger partial charge in [-0.3, -0.25) is 0 Å². The molecule has 0 amide bonds. The molecule has 1 aromatic heterocycles. The molecule has 0 radical (unpaired) electrons. The number of hydrogen-bond donors (Lipinski definition) is 1. The fraction of sp³-hybridized carbons (Fsp3) is 0.559. The van der Waals surface area contributed by atoms with Crippen molar-refractivity contribution >= 4 is 29.8 Å². The third-order valence-corrected chi connectivity index (χ3v) is 16.0.